The third-order valence-corrected chi connectivity index (χ3v) is 6.39. The normalized spacial score (nSPS) is 15.6. The van der Waals surface area contributed by atoms with Crippen LogP contribution in [0.5, 0.6) is 17.2 Å². The Morgan fingerprint density at radius 1 is 1.00 bits per heavy atom. The molecule has 0 saturated carbocycles. The van der Waals surface area contributed by atoms with Crippen LogP contribution in [-0.4, -0.2) is 47.9 Å². The van der Waals surface area contributed by atoms with E-state index in [4.69, 9.17) is 19.3 Å². The number of aryl methyl sites for hydroxylation is 1. The number of aromatic amines is 1. The van der Waals surface area contributed by atoms with Crippen LogP contribution >= 0.6 is 0 Å². The smallest absolute Gasteiger partial charge is 0.240 e. The first-order chi connectivity index (χ1) is 16.5. The lowest BCUT2D eigenvalue weighted by atomic mass is 9.95. The Labute approximate surface area is 197 Å². The zero-order valence-electron chi connectivity index (χ0n) is 19.8. The molecular formula is C26H26N4O4. The molecule has 1 atom stereocenters. The van der Waals surface area contributed by atoms with Crippen LogP contribution in [0.15, 0.2) is 47.7 Å². The minimum absolute atomic E-state index is 0.152. The van der Waals surface area contributed by atoms with E-state index in [0.29, 0.717) is 23.7 Å². The lowest BCUT2D eigenvalue weighted by Crippen LogP contribution is -2.24. The van der Waals surface area contributed by atoms with Crippen molar-refractivity contribution in [1.82, 2.24) is 15.0 Å². The first-order valence-electron chi connectivity index (χ1n) is 11.0. The third-order valence-electron chi connectivity index (χ3n) is 6.39. The summed E-state index contributed by atoms with van der Waals surface area (Å²) in [6, 6.07) is 11.3. The molecule has 174 valence electrons. The van der Waals surface area contributed by atoms with Crippen molar-refractivity contribution in [3.8, 4) is 17.2 Å². The van der Waals surface area contributed by atoms with E-state index < -0.39 is 0 Å². The molecule has 4 aromatic rings. The number of methoxy groups -OCH3 is 3. The first-order valence-corrected chi connectivity index (χ1v) is 11.0. The molecule has 3 heterocycles. The zero-order chi connectivity index (χ0) is 24.0. The van der Waals surface area contributed by atoms with Gasteiger partial charge in [0, 0.05) is 41.9 Å². The number of hydrogen-bond donors (Lipinski definition) is 1. The van der Waals surface area contributed by atoms with Gasteiger partial charge in [0.25, 0.3) is 0 Å². The molecule has 8 nitrogen and oxygen atoms in total. The van der Waals surface area contributed by atoms with Gasteiger partial charge in [-0.25, -0.2) is 5.01 Å². The Morgan fingerprint density at radius 2 is 1.76 bits per heavy atom. The maximum absolute atomic E-state index is 12.6. The van der Waals surface area contributed by atoms with Crippen molar-refractivity contribution in [3.63, 3.8) is 0 Å². The molecule has 0 bridgehead atoms. The zero-order valence-corrected chi connectivity index (χ0v) is 19.8. The number of carbonyl (C=O) groups is 1. The van der Waals surface area contributed by atoms with Crippen LogP contribution in [0.25, 0.3) is 21.8 Å². The molecule has 0 spiro atoms. The minimum atomic E-state index is -0.318. The second-order valence-corrected chi connectivity index (χ2v) is 8.25. The number of hydrogen-bond acceptors (Lipinski definition) is 6. The molecule has 0 saturated heterocycles. The van der Waals surface area contributed by atoms with Crippen molar-refractivity contribution in [1.29, 1.82) is 0 Å². The highest BCUT2D eigenvalue weighted by molar-refractivity contribution is 6.19. The van der Waals surface area contributed by atoms with E-state index in [1.807, 2.05) is 49.5 Å². The van der Waals surface area contributed by atoms with Gasteiger partial charge in [0.15, 0.2) is 0 Å². The highest BCUT2D eigenvalue weighted by Gasteiger charge is 2.35. The summed E-state index contributed by atoms with van der Waals surface area (Å²) < 4.78 is 16.7. The van der Waals surface area contributed by atoms with Crippen molar-refractivity contribution in [2.45, 2.75) is 26.3 Å². The van der Waals surface area contributed by atoms with Crippen LogP contribution in [-0.2, 0) is 4.79 Å². The van der Waals surface area contributed by atoms with Crippen LogP contribution < -0.4 is 14.2 Å². The molecule has 1 N–H and O–H groups in total. The molecule has 1 aliphatic rings. The summed E-state index contributed by atoms with van der Waals surface area (Å²) >= 11 is 0. The molecule has 1 amide bonds. The molecule has 2 aromatic carbocycles. The number of H-pyrrole nitrogens is 1. The molecule has 1 aliphatic heterocycles. The van der Waals surface area contributed by atoms with E-state index in [9.17, 15) is 4.79 Å². The first kappa shape index (κ1) is 21.8. The summed E-state index contributed by atoms with van der Waals surface area (Å²) in [6.45, 7) is 3.50. The van der Waals surface area contributed by atoms with E-state index in [1.54, 1.807) is 21.3 Å². The van der Waals surface area contributed by atoms with Crippen molar-refractivity contribution >= 4 is 33.4 Å². The number of hydrazone groups is 1. The van der Waals surface area contributed by atoms with Crippen LogP contribution in [0, 0.1) is 6.92 Å². The van der Waals surface area contributed by atoms with Crippen molar-refractivity contribution < 1.29 is 19.0 Å². The monoisotopic (exact) mass is 458 g/mol. The number of pyridine rings is 1. The van der Waals surface area contributed by atoms with Crippen LogP contribution in [0.3, 0.4) is 0 Å². The highest BCUT2D eigenvalue weighted by atomic mass is 16.5. The topological polar surface area (TPSA) is 89.0 Å². The summed E-state index contributed by atoms with van der Waals surface area (Å²) in [4.78, 5) is 20.6. The number of nitrogens with zero attached hydrogens (tertiary/aromatic N) is 3. The average molecular weight is 459 g/mol. The number of ether oxygens (including phenoxy) is 3. The van der Waals surface area contributed by atoms with Gasteiger partial charge >= 0.3 is 0 Å². The number of nitrogens with one attached hydrogen (secondary N) is 1. The Kier molecular flexibility index (Phi) is 5.36. The maximum Gasteiger partial charge on any atom is 0.240 e. The summed E-state index contributed by atoms with van der Waals surface area (Å²) in [5.74, 6) is 1.86. The second-order valence-electron chi connectivity index (χ2n) is 8.25. The van der Waals surface area contributed by atoms with E-state index in [2.05, 4.69) is 9.97 Å². The predicted molar refractivity (Wildman–Crippen MR) is 131 cm³/mol. The fourth-order valence-corrected chi connectivity index (χ4v) is 4.76. The van der Waals surface area contributed by atoms with E-state index in [1.165, 1.54) is 11.9 Å². The Hall–Kier alpha value is -4.07. The molecule has 2 aromatic heterocycles. The second kappa shape index (κ2) is 8.37. The fraction of sp³-hybridized carbons (Fsp3) is 0.269. The van der Waals surface area contributed by atoms with Crippen molar-refractivity contribution in [3.05, 3.63) is 59.4 Å². The minimum Gasteiger partial charge on any atom is -0.497 e. The third kappa shape index (κ3) is 3.34. The van der Waals surface area contributed by atoms with E-state index in [-0.39, 0.29) is 11.9 Å². The van der Waals surface area contributed by atoms with Crippen LogP contribution in [0.4, 0.5) is 0 Å². The molecule has 34 heavy (non-hydrogen) atoms. The number of carbonyl (C=O) groups excluding carboxylic acids is 1. The van der Waals surface area contributed by atoms with Crippen LogP contribution in [0.1, 0.15) is 36.2 Å². The SMILES string of the molecule is COc1ccc(C2CC(c3c(OC)ccc4c3[nH]c3c(C)nccc34)=NN2C(C)=O)c(OC)c1. The van der Waals surface area contributed by atoms with Gasteiger partial charge in [0.1, 0.15) is 17.2 Å². The quantitative estimate of drug-likeness (QED) is 0.466. The molecule has 1 unspecified atom stereocenters. The fourth-order valence-electron chi connectivity index (χ4n) is 4.76. The largest absolute Gasteiger partial charge is 0.497 e. The summed E-state index contributed by atoms with van der Waals surface area (Å²) in [7, 11) is 4.86. The Morgan fingerprint density at radius 3 is 2.47 bits per heavy atom. The van der Waals surface area contributed by atoms with Crippen molar-refractivity contribution in [2.75, 3.05) is 21.3 Å². The van der Waals surface area contributed by atoms with Gasteiger partial charge in [-0.05, 0) is 37.3 Å². The number of aromatic nitrogens is 2. The maximum atomic E-state index is 12.6. The van der Waals surface area contributed by atoms with Gasteiger partial charge in [-0.2, -0.15) is 5.10 Å². The Balaban J connectivity index is 1.68. The summed E-state index contributed by atoms with van der Waals surface area (Å²) in [5.41, 5.74) is 5.27. The predicted octanol–water partition coefficient (Wildman–Crippen LogP) is 4.75. The van der Waals surface area contributed by atoms with Gasteiger partial charge in [-0.15, -0.1) is 0 Å². The van der Waals surface area contributed by atoms with Crippen LogP contribution in [0.2, 0.25) is 0 Å². The standard InChI is InChI=1S/C26H26N4O4/c1-14-25-18(10-11-27-14)17-8-9-22(33-4)24(26(17)28-25)20-13-21(30(29-20)15(2)31)19-7-6-16(32-3)12-23(19)34-5/h6-12,21,28H,13H2,1-5H3. The summed E-state index contributed by atoms with van der Waals surface area (Å²) in [6.07, 6.45) is 2.32. The number of fused-ring (bicyclic) bond motifs is 3. The average Bonchev–Trinajstić information content (AvgIpc) is 3.46. The Bertz CT molecular complexity index is 1460. The molecule has 0 fully saturated rings. The van der Waals surface area contributed by atoms with Gasteiger partial charge in [-0.3, -0.25) is 9.78 Å². The van der Waals surface area contributed by atoms with Gasteiger partial charge < -0.3 is 19.2 Å². The van der Waals surface area contributed by atoms with Gasteiger partial charge in [-0.1, -0.05) is 0 Å². The molecule has 0 radical (unpaired) electrons. The van der Waals surface area contributed by atoms with Gasteiger partial charge in [0.2, 0.25) is 5.91 Å². The number of benzene rings is 2. The highest BCUT2D eigenvalue weighted by Crippen LogP contribution is 2.42. The van der Waals surface area contributed by atoms with E-state index in [0.717, 1.165) is 44.3 Å². The lowest BCUT2D eigenvalue weighted by Gasteiger charge is -2.22. The molecule has 8 heteroatoms. The summed E-state index contributed by atoms with van der Waals surface area (Å²) in [5, 5.41) is 8.44. The van der Waals surface area contributed by atoms with Gasteiger partial charge in [0.05, 0.1) is 55.4 Å². The lowest BCUT2D eigenvalue weighted by molar-refractivity contribution is -0.130. The van der Waals surface area contributed by atoms with Crippen molar-refractivity contribution in [2.24, 2.45) is 5.10 Å². The molecule has 5 rings (SSSR count). The number of rotatable bonds is 5. The number of amides is 1. The molecular weight excluding hydrogens is 432 g/mol. The van der Waals surface area contributed by atoms with E-state index >= 15 is 0 Å². The molecule has 0 aliphatic carbocycles.